The van der Waals surface area contributed by atoms with Gasteiger partial charge in [0.1, 0.15) is 0 Å². The number of benzene rings is 1. The highest BCUT2D eigenvalue weighted by Crippen LogP contribution is 2.19. The van der Waals surface area contributed by atoms with E-state index in [9.17, 15) is 0 Å². The molecule has 1 N–H and O–H groups in total. The number of aromatic nitrogens is 2. The minimum Gasteiger partial charge on any atom is -0.382 e. The summed E-state index contributed by atoms with van der Waals surface area (Å²) in [5.41, 5.74) is 3.40. The number of para-hydroxylation sites is 1. The normalized spacial score (nSPS) is 13.1. The Hall–Kier alpha value is -1.17. The molecule has 5 heteroatoms. The summed E-state index contributed by atoms with van der Waals surface area (Å²) in [6, 6.07) is 6.14. The molecule has 1 heterocycles. The van der Waals surface area contributed by atoms with Gasteiger partial charge in [0.05, 0.1) is 30.3 Å². The lowest BCUT2D eigenvalue weighted by molar-refractivity contribution is 0.0187. The highest BCUT2D eigenvalue weighted by Gasteiger charge is 2.12. The van der Waals surface area contributed by atoms with Crippen LogP contribution >= 0.6 is 12.2 Å². The van der Waals surface area contributed by atoms with Gasteiger partial charge in [0.25, 0.3) is 0 Å². The van der Waals surface area contributed by atoms with Crippen molar-refractivity contribution in [3.8, 4) is 0 Å². The third kappa shape index (κ3) is 2.48. The maximum absolute atomic E-state index is 5.40. The lowest BCUT2D eigenvalue weighted by Crippen LogP contribution is -2.23. The molecular formula is C13H18N2O2S. The quantitative estimate of drug-likeness (QED) is 0.846. The number of nitrogens with zero attached hydrogens (tertiary/aromatic N) is 1. The summed E-state index contributed by atoms with van der Waals surface area (Å²) >= 11 is 5.37. The summed E-state index contributed by atoms with van der Waals surface area (Å²) in [5.74, 6) is 0. The second-order valence-corrected chi connectivity index (χ2v) is 4.71. The number of nitrogens with one attached hydrogen (secondary N) is 1. The first-order valence-electron chi connectivity index (χ1n) is 5.87. The fraction of sp³-hybridized carbons (Fsp3) is 0.462. The average molecular weight is 266 g/mol. The van der Waals surface area contributed by atoms with Gasteiger partial charge in [0.2, 0.25) is 0 Å². The average Bonchev–Trinajstić information content (AvgIpc) is 2.66. The number of rotatable bonds is 5. The van der Waals surface area contributed by atoms with Gasteiger partial charge in [-0.2, -0.15) is 0 Å². The van der Waals surface area contributed by atoms with Crippen LogP contribution in [0, 0.1) is 11.7 Å². The molecule has 0 aliphatic rings. The molecular weight excluding hydrogens is 248 g/mol. The number of imidazole rings is 1. The number of hydrogen-bond donors (Lipinski definition) is 1. The fourth-order valence-electron chi connectivity index (χ4n) is 2.16. The first-order valence-corrected chi connectivity index (χ1v) is 6.28. The summed E-state index contributed by atoms with van der Waals surface area (Å²) in [5, 5.41) is 0. The Bertz CT molecular complexity index is 588. The van der Waals surface area contributed by atoms with E-state index in [1.165, 1.54) is 5.56 Å². The Morgan fingerprint density at radius 2 is 2.17 bits per heavy atom. The number of ether oxygens (including phenoxy) is 2. The first kappa shape index (κ1) is 13.3. The minimum atomic E-state index is 0.000283. The molecule has 2 rings (SSSR count). The molecule has 1 aromatic heterocycles. The van der Waals surface area contributed by atoms with Crippen molar-refractivity contribution >= 4 is 23.3 Å². The topological polar surface area (TPSA) is 39.2 Å². The Morgan fingerprint density at radius 3 is 2.83 bits per heavy atom. The van der Waals surface area contributed by atoms with Crippen molar-refractivity contribution in [2.75, 3.05) is 20.8 Å². The third-order valence-corrected chi connectivity index (χ3v) is 3.39. The molecule has 98 valence electrons. The van der Waals surface area contributed by atoms with E-state index in [-0.39, 0.29) is 6.10 Å². The Balaban J connectivity index is 2.44. The zero-order valence-electron chi connectivity index (χ0n) is 10.9. The molecule has 0 radical (unpaired) electrons. The van der Waals surface area contributed by atoms with Crippen molar-refractivity contribution in [1.82, 2.24) is 9.55 Å². The fourth-order valence-corrected chi connectivity index (χ4v) is 2.44. The van der Waals surface area contributed by atoms with Crippen LogP contribution in [0.2, 0.25) is 0 Å². The van der Waals surface area contributed by atoms with Gasteiger partial charge in [-0.15, -0.1) is 0 Å². The van der Waals surface area contributed by atoms with E-state index in [2.05, 4.69) is 22.5 Å². The van der Waals surface area contributed by atoms with E-state index in [1.54, 1.807) is 14.2 Å². The number of aryl methyl sites for hydroxylation is 1. The number of fused-ring (bicyclic) bond motifs is 1. The molecule has 0 fully saturated rings. The molecule has 0 aliphatic carbocycles. The van der Waals surface area contributed by atoms with Gasteiger partial charge in [-0.1, -0.05) is 12.1 Å². The molecule has 1 aromatic carbocycles. The van der Waals surface area contributed by atoms with E-state index in [1.807, 2.05) is 12.1 Å². The van der Waals surface area contributed by atoms with Crippen LogP contribution in [0.25, 0.3) is 11.0 Å². The molecule has 0 saturated carbocycles. The second kappa shape index (κ2) is 5.65. The number of methoxy groups -OCH3 is 2. The predicted molar refractivity (Wildman–Crippen MR) is 74.5 cm³/mol. The number of H-pyrrole nitrogens is 1. The lowest BCUT2D eigenvalue weighted by atomic mass is 10.2. The highest BCUT2D eigenvalue weighted by molar-refractivity contribution is 7.71. The van der Waals surface area contributed by atoms with Crippen molar-refractivity contribution in [1.29, 1.82) is 0 Å². The largest absolute Gasteiger partial charge is 0.382 e. The Morgan fingerprint density at radius 1 is 1.39 bits per heavy atom. The SMILES string of the molecule is COCC(Cn1c(=S)[nH]c2cccc(C)c21)OC. The molecule has 0 aliphatic heterocycles. The van der Waals surface area contributed by atoms with E-state index in [0.717, 1.165) is 15.8 Å². The molecule has 2 aromatic rings. The summed E-state index contributed by atoms with van der Waals surface area (Å²) < 4.78 is 13.3. The van der Waals surface area contributed by atoms with Crippen LogP contribution in [0.5, 0.6) is 0 Å². The Labute approximate surface area is 112 Å². The lowest BCUT2D eigenvalue weighted by Gasteiger charge is -2.16. The molecule has 0 bridgehead atoms. The van der Waals surface area contributed by atoms with Crippen LogP contribution in [0.3, 0.4) is 0 Å². The van der Waals surface area contributed by atoms with Crippen LogP contribution in [-0.2, 0) is 16.0 Å². The zero-order valence-corrected chi connectivity index (χ0v) is 11.7. The maximum atomic E-state index is 5.40. The minimum absolute atomic E-state index is 0.000283. The van der Waals surface area contributed by atoms with Crippen LogP contribution < -0.4 is 0 Å². The molecule has 1 atom stereocenters. The summed E-state index contributed by atoms with van der Waals surface area (Å²) in [6.45, 7) is 3.32. The van der Waals surface area contributed by atoms with Crippen molar-refractivity contribution in [3.63, 3.8) is 0 Å². The number of aromatic amines is 1. The molecule has 0 saturated heterocycles. The predicted octanol–water partition coefficient (Wildman–Crippen LogP) is 2.67. The Kier molecular flexibility index (Phi) is 4.16. The van der Waals surface area contributed by atoms with Gasteiger partial charge in [0.15, 0.2) is 4.77 Å². The second-order valence-electron chi connectivity index (χ2n) is 4.32. The maximum Gasteiger partial charge on any atom is 0.178 e. The van der Waals surface area contributed by atoms with Gasteiger partial charge >= 0.3 is 0 Å². The highest BCUT2D eigenvalue weighted by atomic mass is 32.1. The molecule has 0 spiro atoms. The zero-order chi connectivity index (χ0) is 13.1. The summed E-state index contributed by atoms with van der Waals surface area (Å²) in [7, 11) is 3.36. The smallest absolute Gasteiger partial charge is 0.178 e. The first-order chi connectivity index (χ1) is 8.67. The monoisotopic (exact) mass is 266 g/mol. The van der Waals surface area contributed by atoms with Crippen LogP contribution in [0.4, 0.5) is 0 Å². The van der Waals surface area contributed by atoms with Gasteiger partial charge in [0, 0.05) is 14.2 Å². The van der Waals surface area contributed by atoms with Gasteiger partial charge in [-0.25, -0.2) is 0 Å². The summed E-state index contributed by atoms with van der Waals surface area (Å²) in [6.07, 6.45) is 0.000283. The molecule has 4 nitrogen and oxygen atoms in total. The van der Waals surface area contributed by atoms with Crippen LogP contribution in [0.1, 0.15) is 5.56 Å². The van der Waals surface area contributed by atoms with Crippen LogP contribution in [0.15, 0.2) is 18.2 Å². The van der Waals surface area contributed by atoms with Crippen molar-refractivity contribution in [2.24, 2.45) is 0 Å². The summed E-state index contributed by atoms with van der Waals surface area (Å²) in [4.78, 5) is 3.22. The van der Waals surface area contributed by atoms with Crippen molar-refractivity contribution in [3.05, 3.63) is 28.5 Å². The third-order valence-electron chi connectivity index (χ3n) is 3.07. The molecule has 18 heavy (non-hydrogen) atoms. The van der Waals surface area contributed by atoms with E-state index in [0.29, 0.717) is 13.2 Å². The standard InChI is InChI=1S/C13H18N2O2S/c1-9-5-4-6-11-12(9)15(13(18)14-11)7-10(17-3)8-16-2/h4-6,10H,7-8H2,1-3H3,(H,14,18). The van der Waals surface area contributed by atoms with Crippen molar-refractivity contribution in [2.45, 2.75) is 19.6 Å². The number of hydrogen-bond acceptors (Lipinski definition) is 3. The van der Waals surface area contributed by atoms with E-state index >= 15 is 0 Å². The molecule has 0 amide bonds. The van der Waals surface area contributed by atoms with Gasteiger partial charge < -0.3 is 19.0 Å². The molecule has 1 unspecified atom stereocenters. The van der Waals surface area contributed by atoms with Gasteiger partial charge in [-0.05, 0) is 30.8 Å². The van der Waals surface area contributed by atoms with Gasteiger partial charge in [-0.3, -0.25) is 0 Å². The van der Waals surface area contributed by atoms with E-state index in [4.69, 9.17) is 21.7 Å². The van der Waals surface area contributed by atoms with E-state index < -0.39 is 0 Å². The van der Waals surface area contributed by atoms with Crippen molar-refractivity contribution < 1.29 is 9.47 Å². The van der Waals surface area contributed by atoms with Crippen LogP contribution in [-0.4, -0.2) is 36.5 Å².